The molecule has 0 N–H and O–H groups in total. The Balaban J connectivity index is 2.44. The molecule has 72 valence electrons. The molecule has 1 aliphatic carbocycles. The van der Waals surface area contributed by atoms with Gasteiger partial charge in [0.1, 0.15) is 11.5 Å². The highest BCUT2D eigenvalue weighted by atomic mass is 79.9. The summed E-state index contributed by atoms with van der Waals surface area (Å²) in [5, 5.41) is 0. The summed E-state index contributed by atoms with van der Waals surface area (Å²) >= 11 is 3.64. The molecule has 0 aliphatic heterocycles. The molecule has 0 amide bonds. The van der Waals surface area contributed by atoms with Crippen LogP contribution >= 0.6 is 15.9 Å². The van der Waals surface area contributed by atoms with Crippen LogP contribution in [0.5, 0.6) is 0 Å². The topological polar surface area (TPSA) is 13.1 Å². The minimum Gasteiger partial charge on any atom is -0.464 e. The van der Waals surface area contributed by atoms with E-state index in [1.165, 1.54) is 35.1 Å². The van der Waals surface area contributed by atoms with Crippen LogP contribution in [0.2, 0.25) is 0 Å². The number of rotatable bonds is 1. The smallest absolute Gasteiger partial charge is 0.121 e. The number of aryl methyl sites for hydroxylation is 1. The summed E-state index contributed by atoms with van der Waals surface area (Å²) in [7, 11) is 0. The largest absolute Gasteiger partial charge is 0.464 e. The lowest BCUT2D eigenvalue weighted by molar-refractivity contribution is 0.429. The molecular weight excluding hydrogens is 228 g/mol. The van der Waals surface area contributed by atoms with Gasteiger partial charge in [-0.1, -0.05) is 13.8 Å². The maximum Gasteiger partial charge on any atom is 0.121 e. The molecule has 0 saturated heterocycles. The average Bonchev–Trinajstić information content (AvgIpc) is 2.45. The highest BCUT2D eigenvalue weighted by molar-refractivity contribution is 9.10. The van der Waals surface area contributed by atoms with E-state index >= 15 is 0 Å². The van der Waals surface area contributed by atoms with Crippen LogP contribution in [0.3, 0.4) is 0 Å². The Labute approximate surface area is 87.6 Å². The summed E-state index contributed by atoms with van der Waals surface area (Å²) in [4.78, 5) is 0. The van der Waals surface area contributed by atoms with Gasteiger partial charge in [-0.15, -0.1) is 0 Å². The maximum absolute atomic E-state index is 5.85. The molecular formula is C11H15BrO. The van der Waals surface area contributed by atoms with E-state index in [9.17, 15) is 0 Å². The number of hydrogen-bond acceptors (Lipinski definition) is 1. The normalized spacial score (nSPS) is 16.3. The second-order valence-corrected chi connectivity index (χ2v) is 4.84. The Kier molecular flexibility index (Phi) is 2.50. The van der Waals surface area contributed by atoms with E-state index < -0.39 is 0 Å². The minimum atomic E-state index is 0.486. The summed E-state index contributed by atoms with van der Waals surface area (Å²) in [6.45, 7) is 4.35. The Morgan fingerprint density at radius 1 is 1.23 bits per heavy atom. The number of fused-ring (bicyclic) bond motifs is 1. The highest BCUT2D eigenvalue weighted by Gasteiger charge is 2.21. The summed E-state index contributed by atoms with van der Waals surface area (Å²) in [5.41, 5.74) is 1.43. The molecule has 13 heavy (non-hydrogen) atoms. The quantitative estimate of drug-likeness (QED) is 0.725. The highest BCUT2D eigenvalue weighted by Crippen LogP contribution is 2.36. The van der Waals surface area contributed by atoms with Crippen LogP contribution in [0.25, 0.3) is 0 Å². The molecule has 0 aromatic carbocycles. The van der Waals surface area contributed by atoms with E-state index in [1.807, 2.05) is 0 Å². The summed E-state index contributed by atoms with van der Waals surface area (Å²) in [5.74, 6) is 2.84. The van der Waals surface area contributed by atoms with Crippen molar-refractivity contribution >= 4 is 15.9 Å². The Morgan fingerprint density at radius 3 is 2.54 bits per heavy atom. The predicted molar refractivity (Wildman–Crippen MR) is 57.1 cm³/mol. The van der Waals surface area contributed by atoms with Crippen molar-refractivity contribution in [2.75, 3.05) is 0 Å². The van der Waals surface area contributed by atoms with E-state index in [0.717, 1.165) is 12.2 Å². The second-order valence-electron chi connectivity index (χ2n) is 4.04. The van der Waals surface area contributed by atoms with Gasteiger partial charge >= 0.3 is 0 Å². The van der Waals surface area contributed by atoms with Crippen molar-refractivity contribution in [3.05, 3.63) is 21.6 Å². The molecule has 2 heteroatoms. The van der Waals surface area contributed by atoms with Crippen LogP contribution in [-0.4, -0.2) is 0 Å². The zero-order chi connectivity index (χ0) is 9.42. The fourth-order valence-electron chi connectivity index (χ4n) is 1.92. The zero-order valence-corrected chi connectivity index (χ0v) is 9.78. The first-order valence-electron chi connectivity index (χ1n) is 5.00. The number of furan rings is 1. The fraction of sp³-hybridized carbons (Fsp3) is 0.636. The van der Waals surface area contributed by atoms with Gasteiger partial charge in [-0.2, -0.15) is 0 Å². The van der Waals surface area contributed by atoms with E-state index in [2.05, 4.69) is 29.8 Å². The SMILES string of the molecule is CC(C)c1oc2c(c1Br)CCCC2. The Bertz CT molecular complexity index is 312. The molecule has 0 radical (unpaired) electrons. The number of halogens is 1. The average molecular weight is 243 g/mol. The van der Waals surface area contributed by atoms with Crippen LogP contribution in [0, 0.1) is 0 Å². The van der Waals surface area contributed by atoms with Gasteiger partial charge in [0.2, 0.25) is 0 Å². The monoisotopic (exact) mass is 242 g/mol. The van der Waals surface area contributed by atoms with Crippen molar-refractivity contribution in [1.29, 1.82) is 0 Å². The third-order valence-electron chi connectivity index (χ3n) is 2.66. The minimum absolute atomic E-state index is 0.486. The molecule has 0 atom stereocenters. The third kappa shape index (κ3) is 1.56. The van der Waals surface area contributed by atoms with Gasteiger partial charge in [-0.05, 0) is 35.2 Å². The molecule has 0 saturated carbocycles. The van der Waals surface area contributed by atoms with E-state index in [0.29, 0.717) is 5.92 Å². The first-order valence-corrected chi connectivity index (χ1v) is 5.79. The van der Waals surface area contributed by atoms with Crippen LogP contribution in [0.15, 0.2) is 8.89 Å². The van der Waals surface area contributed by atoms with E-state index in [4.69, 9.17) is 4.42 Å². The van der Waals surface area contributed by atoms with Crippen molar-refractivity contribution in [1.82, 2.24) is 0 Å². The predicted octanol–water partition coefficient (Wildman–Crippen LogP) is 4.04. The molecule has 1 heterocycles. The van der Waals surface area contributed by atoms with Gasteiger partial charge < -0.3 is 4.42 Å². The summed E-state index contributed by atoms with van der Waals surface area (Å²) in [6.07, 6.45) is 4.90. The first kappa shape index (κ1) is 9.32. The van der Waals surface area contributed by atoms with Crippen molar-refractivity contribution in [3.8, 4) is 0 Å². The van der Waals surface area contributed by atoms with E-state index in [1.54, 1.807) is 0 Å². The van der Waals surface area contributed by atoms with Gasteiger partial charge in [0, 0.05) is 17.9 Å². The number of hydrogen-bond donors (Lipinski definition) is 0. The standard InChI is InChI=1S/C11H15BrO/c1-7(2)11-10(12)8-5-3-4-6-9(8)13-11/h7H,3-6H2,1-2H3. The van der Waals surface area contributed by atoms with Crippen molar-refractivity contribution in [3.63, 3.8) is 0 Å². The fourth-order valence-corrected chi connectivity index (χ4v) is 2.88. The molecule has 0 fully saturated rings. The Hall–Kier alpha value is -0.240. The van der Waals surface area contributed by atoms with Crippen LogP contribution in [0.1, 0.15) is 49.7 Å². The lowest BCUT2D eigenvalue weighted by Gasteiger charge is -2.08. The van der Waals surface area contributed by atoms with Gasteiger partial charge in [-0.25, -0.2) is 0 Å². The third-order valence-corrected chi connectivity index (χ3v) is 3.53. The summed E-state index contributed by atoms with van der Waals surface area (Å²) < 4.78 is 7.08. The van der Waals surface area contributed by atoms with Crippen molar-refractivity contribution in [2.45, 2.75) is 45.4 Å². The van der Waals surface area contributed by atoms with Crippen molar-refractivity contribution in [2.24, 2.45) is 0 Å². The van der Waals surface area contributed by atoms with Gasteiger partial charge in [0.15, 0.2) is 0 Å². The molecule has 1 aromatic heterocycles. The van der Waals surface area contributed by atoms with Gasteiger partial charge in [-0.3, -0.25) is 0 Å². The van der Waals surface area contributed by atoms with Gasteiger partial charge in [0.25, 0.3) is 0 Å². The van der Waals surface area contributed by atoms with Crippen LogP contribution < -0.4 is 0 Å². The lowest BCUT2D eigenvalue weighted by Crippen LogP contribution is -1.98. The Morgan fingerprint density at radius 2 is 1.92 bits per heavy atom. The molecule has 1 nitrogen and oxygen atoms in total. The van der Waals surface area contributed by atoms with E-state index in [-0.39, 0.29) is 0 Å². The van der Waals surface area contributed by atoms with Crippen LogP contribution in [0.4, 0.5) is 0 Å². The lowest BCUT2D eigenvalue weighted by atomic mass is 9.98. The molecule has 2 rings (SSSR count). The zero-order valence-electron chi connectivity index (χ0n) is 8.19. The second kappa shape index (κ2) is 3.49. The molecule has 0 bridgehead atoms. The van der Waals surface area contributed by atoms with Crippen molar-refractivity contribution < 1.29 is 4.42 Å². The van der Waals surface area contributed by atoms with Gasteiger partial charge in [0.05, 0.1) is 4.47 Å². The summed E-state index contributed by atoms with van der Waals surface area (Å²) in [6, 6.07) is 0. The molecule has 1 aliphatic rings. The molecule has 0 unspecified atom stereocenters. The first-order chi connectivity index (χ1) is 6.20. The molecule has 0 spiro atoms. The maximum atomic E-state index is 5.85. The molecule has 1 aromatic rings. The van der Waals surface area contributed by atoms with Crippen LogP contribution in [-0.2, 0) is 12.8 Å².